The van der Waals surface area contributed by atoms with Crippen molar-refractivity contribution in [3.63, 3.8) is 0 Å². The Kier molecular flexibility index (Phi) is 5.72. The largest absolute Gasteiger partial charge is 0.367 e. The Hall–Kier alpha value is -1.22. The first-order valence-corrected chi connectivity index (χ1v) is 7.02. The van der Waals surface area contributed by atoms with Gasteiger partial charge in [-0.2, -0.15) is 0 Å². The van der Waals surface area contributed by atoms with Gasteiger partial charge in [0.2, 0.25) is 0 Å². The Morgan fingerprint density at radius 1 is 0.850 bits per heavy atom. The van der Waals surface area contributed by atoms with E-state index < -0.39 is 17.9 Å². The average Bonchev–Trinajstić information content (AvgIpc) is 2.48. The topological polar surface area (TPSA) is 83.1 Å². The average molecular weight is 286 g/mol. The molecule has 8 nitrogen and oxygen atoms in total. The first-order valence-electron chi connectivity index (χ1n) is 7.02. The van der Waals surface area contributed by atoms with Gasteiger partial charge in [0.25, 0.3) is 0 Å². The van der Waals surface area contributed by atoms with E-state index in [1.165, 1.54) is 6.92 Å². The molecule has 2 aliphatic heterocycles. The summed E-state index contributed by atoms with van der Waals surface area (Å²) in [5, 5.41) is 9.47. The van der Waals surface area contributed by atoms with Crippen molar-refractivity contribution in [2.24, 2.45) is 5.92 Å². The number of hydrogen-bond donors (Lipinski definition) is 2. The SMILES string of the molecule is CC(C(=O)ON1CCNCC1)C(=O)ON1CCNCC1. The highest BCUT2D eigenvalue weighted by Gasteiger charge is 2.29. The van der Waals surface area contributed by atoms with Crippen molar-refractivity contribution in [2.45, 2.75) is 6.92 Å². The third-order valence-electron chi connectivity index (χ3n) is 3.30. The quantitative estimate of drug-likeness (QED) is 0.595. The van der Waals surface area contributed by atoms with Crippen LogP contribution in [0.1, 0.15) is 6.92 Å². The Balaban J connectivity index is 1.74. The van der Waals surface area contributed by atoms with Crippen molar-refractivity contribution in [1.29, 1.82) is 0 Å². The highest BCUT2D eigenvalue weighted by atomic mass is 16.7. The summed E-state index contributed by atoms with van der Waals surface area (Å²) in [7, 11) is 0. The fourth-order valence-corrected chi connectivity index (χ4v) is 1.98. The number of rotatable bonds is 4. The summed E-state index contributed by atoms with van der Waals surface area (Å²) in [6, 6.07) is 0. The number of nitrogens with zero attached hydrogens (tertiary/aromatic N) is 2. The van der Waals surface area contributed by atoms with Crippen LogP contribution in [0.2, 0.25) is 0 Å². The van der Waals surface area contributed by atoms with Gasteiger partial charge < -0.3 is 20.3 Å². The molecule has 0 aromatic carbocycles. The van der Waals surface area contributed by atoms with Crippen molar-refractivity contribution >= 4 is 11.9 Å². The predicted molar refractivity (Wildman–Crippen MR) is 70.2 cm³/mol. The van der Waals surface area contributed by atoms with Crippen molar-refractivity contribution in [2.75, 3.05) is 52.4 Å². The fourth-order valence-electron chi connectivity index (χ4n) is 1.98. The van der Waals surface area contributed by atoms with E-state index in [-0.39, 0.29) is 0 Å². The van der Waals surface area contributed by atoms with Crippen molar-refractivity contribution in [3.05, 3.63) is 0 Å². The van der Waals surface area contributed by atoms with Crippen LogP contribution in [-0.4, -0.2) is 74.4 Å². The molecule has 2 rings (SSSR count). The van der Waals surface area contributed by atoms with Crippen molar-refractivity contribution in [3.8, 4) is 0 Å². The zero-order valence-electron chi connectivity index (χ0n) is 11.8. The lowest BCUT2D eigenvalue weighted by Gasteiger charge is -2.28. The monoisotopic (exact) mass is 286 g/mol. The van der Waals surface area contributed by atoms with E-state index in [9.17, 15) is 9.59 Å². The summed E-state index contributed by atoms with van der Waals surface area (Å²) >= 11 is 0. The number of carbonyl (C=O) groups is 2. The van der Waals surface area contributed by atoms with E-state index in [2.05, 4.69) is 10.6 Å². The van der Waals surface area contributed by atoms with Crippen LogP contribution < -0.4 is 10.6 Å². The highest BCUT2D eigenvalue weighted by Crippen LogP contribution is 2.07. The molecule has 8 heteroatoms. The molecule has 0 atom stereocenters. The van der Waals surface area contributed by atoms with Crippen molar-refractivity contribution in [1.82, 2.24) is 20.8 Å². The van der Waals surface area contributed by atoms with E-state index in [1.807, 2.05) is 0 Å². The molecule has 2 aliphatic rings. The standard InChI is InChI=1S/C12H22N4O4/c1-10(11(17)19-15-6-2-13-3-7-15)12(18)20-16-8-4-14-5-9-16/h10,13-14H,2-9H2,1H3. The van der Waals surface area contributed by atoms with Crippen LogP contribution in [0.5, 0.6) is 0 Å². The van der Waals surface area contributed by atoms with E-state index >= 15 is 0 Å². The number of piperazine rings is 2. The van der Waals surface area contributed by atoms with Gasteiger partial charge in [0.05, 0.1) is 0 Å². The molecule has 0 unspecified atom stereocenters. The van der Waals surface area contributed by atoms with Gasteiger partial charge >= 0.3 is 11.9 Å². The third-order valence-corrected chi connectivity index (χ3v) is 3.30. The third kappa shape index (κ3) is 4.41. The van der Waals surface area contributed by atoms with Gasteiger partial charge in [-0.05, 0) is 6.92 Å². The minimum atomic E-state index is -0.917. The second kappa shape index (κ2) is 7.53. The number of hydroxylamine groups is 4. The summed E-state index contributed by atoms with van der Waals surface area (Å²) < 4.78 is 0. The maximum atomic E-state index is 11.9. The molecule has 2 fully saturated rings. The van der Waals surface area contributed by atoms with Crippen LogP contribution >= 0.6 is 0 Å². The molecule has 0 aliphatic carbocycles. The minimum absolute atomic E-state index is 0.563. The molecule has 2 heterocycles. The van der Waals surface area contributed by atoms with Gasteiger partial charge in [-0.15, -0.1) is 10.1 Å². The molecule has 0 aromatic rings. The number of nitrogens with one attached hydrogen (secondary N) is 2. The summed E-state index contributed by atoms with van der Waals surface area (Å²) in [5.41, 5.74) is 0. The molecule has 2 saturated heterocycles. The summed E-state index contributed by atoms with van der Waals surface area (Å²) in [4.78, 5) is 34.1. The Bertz CT molecular complexity index is 308. The molecular weight excluding hydrogens is 264 g/mol. The van der Waals surface area contributed by atoms with E-state index in [1.54, 1.807) is 10.1 Å². The first kappa shape index (κ1) is 15.2. The van der Waals surface area contributed by atoms with Crippen LogP contribution in [0, 0.1) is 5.92 Å². The van der Waals surface area contributed by atoms with E-state index in [0.29, 0.717) is 26.2 Å². The van der Waals surface area contributed by atoms with Gasteiger partial charge in [0.1, 0.15) is 0 Å². The summed E-state index contributed by atoms with van der Waals surface area (Å²) in [5.74, 6) is -2.04. The number of hydrogen-bond acceptors (Lipinski definition) is 8. The van der Waals surface area contributed by atoms with Gasteiger partial charge in [-0.25, -0.2) is 9.59 Å². The molecule has 114 valence electrons. The smallest absolute Gasteiger partial charge is 0.339 e. The van der Waals surface area contributed by atoms with Crippen LogP contribution in [0.3, 0.4) is 0 Å². The normalized spacial score (nSPS) is 21.7. The Morgan fingerprint density at radius 2 is 1.20 bits per heavy atom. The van der Waals surface area contributed by atoms with E-state index in [0.717, 1.165) is 26.2 Å². The molecule has 20 heavy (non-hydrogen) atoms. The summed E-state index contributed by atoms with van der Waals surface area (Å²) in [6.07, 6.45) is 0. The molecular formula is C12H22N4O4. The fraction of sp³-hybridized carbons (Fsp3) is 0.833. The lowest BCUT2D eigenvalue weighted by atomic mass is 10.2. The second-order valence-corrected chi connectivity index (χ2v) is 4.90. The second-order valence-electron chi connectivity index (χ2n) is 4.90. The molecule has 0 spiro atoms. The Labute approximate surface area is 118 Å². The zero-order valence-corrected chi connectivity index (χ0v) is 11.8. The maximum Gasteiger partial charge on any atom is 0.339 e. The van der Waals surface area contributed by atoms with Crippen LogP contribution in [0.15, 0.2) is 0 Å². The van der Waals surface area contributed by atoms with Crippen LogP contribution in [0.25, 0.3) is 0 Å². The lowest BCUT2D eigenvalue weighted by molar-refractivity contribution is -0.212. The summed E-state index contributed by atoms with van der Waals surface area (Å²) in [6.45, 7) is 7.11. The van der Waals surface area contributed by atoms with Crippen molar-refractivity contribution < 1.29 is 19.3 Å². The molecule has 0 bridgehead atoms. The van der Waals surface area contributed by atoms with Crippen LogP contribution in [-0.2, 0) is 19.3 Å². The van der Waals surface area contributed by atoms with Gasteiger partial charge in [-0.3, -0.25) is 0 Å². The van der Waals surface area contributed by atoms with Gasteiger partial charge in [0, 0.05) is 52.4 Å². The Morgan fingerprint density at radius 3 is 1.55 bits per heavy atom. The molecule has 2 N–H and O–H groups in total. The predicted octanol–water partition coefficient (Wildman–Crippen LogP) is -1.65. The van der Waals surface area contributed by atoms with E-state index in [4.69, 9.17) is 9.68 Å². The molecule has 0 amide bonds. The molecule has 0 saturated carbocycles. The lowest BCUT2D eigenvalue weighted by Crippen LogP contribution is -2.47. The maximum absolute atomic E-state index is 11.9. The van der Waals surface area contributed by atoms with Crippen LogP contribution in [0.4, 0.5) is 0 Å². The minimum Gasteiger partial charge on any atom is -0.367 e. The highest BCUT2D eigenvalue weighted by molar-refractivity contribution is 5.94. The molecule has 0 aromatic heterocycles. The van der Waals surface area contributed by atoms with Gasteiger partial charge in [-0.1, -0.05) is 0 Å². The zero-order chi connectivity index (χ0) is 14.4. The number of carbonyl (C=O) groups excluding carboxylic acids is 2. The first-order chi connectivity index (χ1) is 9.66. The van der Waals surface area contributed by atoms with Gasteiger partial charge in [0.15, 0.2) is 5.92 Å². The molecule has 0 radical (unpaired) electrons.